The molecule has 0 bridgehead atoms. The molecule has 1 heterocycles. The molecule has 2 aromatic carbocycles. The third-order valence-corrected chi connectivity index (χ3v) is 4.33. The highest BCUT2D eigenvalue weighted by Crippen LogP contribution is 2.25. The lowest BCUT2D eigenvalue weighted by Gasteiger charge is -2.20. The van der Waals surface area contributed by atoms with Crippen LogP contribution in [0.4, 0.5) is 0 Å². The minimum absolute atomic E-state index is 0.266. The van der Waals surface area contributed by atoms with E-state index in [-0.39, 0.29) is 5.56 Å². The predicted octanol–water partition coefficient (Wildman–Crippen LogP) is 3.56. The van der Waals surface area contributed by atoms with Crippen molar-refractivity contribution in [1.29, 1.82) is 0 Å². The van der Waals surface area contributed by atoms with E-state index in [1.54, 1.807) is 12.1 Å². The highest BCUT2D eigenvalue weighted by atomic mass is 16.5. The van der Waals surface area contributed by atoms with Gasteiger partial charge >= 0.3 is 5.97 Å². The number of esters is 1. The molecule has 132 valence electrons. The second-order valence-electron chi connectivity index (χ2n) is 5.86. The Morgan fingerprint density at radius 1 is 1.08 bits per heavy atom. The summed E-state index contributed by atoms with van der Waals surface area (Å²) >= 11 is 0. The Bertz CT molecular complexity index is 1010. The zero-order chi connectivity index (χ0) is 18.7. The summed E-state index contributed by atoms with van der Waals surface area (Å²) in [5.74, 6) is 0.172. The molecule has 5 heteroatoms. The van der Waals surface area contributed by atoms with E-state index in [2.05, 4.69) is 4.98 Å². The Balaban J connectivity index is 2.36. The van der Waals surface area contributed by atoms with Crippen LogP contribution in [0.3, 0.4) is 0 Å². The van der Waals surface area contributed by atoms with Crippen LogP contribution >= 0.6 is 0 Å². The maximum Gasteiger partial charge on any atom is 0.339 e. The van der Waals surface area contributed by atoms with Gasteiger partial charge in [0.25, 0.3) is 5.56 Å². The first-order valence-corrected chi connectivity index (χ1v) is 8.44. The Labute approximate surface area is 151 Å². The number of para-hydroxylation sites is 1. The van der Waals surface area contributed by atoms with Crippen LogP contribution < -0.4 is 5.56 Å². The molecule has 3 aromatic rings. The molecule has 0 aliphatic heterocycles. The highest BCUT2D eigenvalue weighted by molar-refractivity contribution is 5.93. The average molecular weight is 348 g/mol. The van der Waals surface area contributed by atoms with Crippen molar-refractivity contribution >= 4 is 5.97 Å². The number of carbonyl (C=O) groups is 1. The number of aryl methyl sites for hydroxylation is 1. The SMILES string of the molecule is CCc1nc(=O)c(-c2ccccc2)c(C)n1-c1ccccc1C(=O)OC. The van der Waals surface area contributed by atoms with Gasteiger partial charge in [0.2, 0.25) is 0 Å². The number of ether oxygens (including phenoxy) is 1. The molecule has 0 saturated heterocycles. The van der Waals surface area contributed by atoms with Crippen LogP contribution in [0.15, 0.2) is 59.4 Å². The molecule has 5 nitrogen and oxygen atoms in total. The molecule has 0 saturated carbocycles. The van der Waals surface area contributed by atoms with Crippen molar-refractivity contribution in [2.45, 2.75) is 20.3 Å². The number of benzene rings is 2. The van der Waals surface area contributed by atoms with Crippen molar-refractivity contribution in [3.8, 4) is 16.8 Å². The van der Waals surface area contributed by atoms with Crippen molar-refractivity contribution in [3.05, 3.63) is 82.0 Å². The second-order valence-corrected chi connectivity index (χ2v) is 5.86. The van der Waals surface area contributed by atoms with Gasteiger partial charge in [-0.05, 0) is 24.6 Å². The van der Waals surface area contributed by atoms with Crippen LogP contribution in [-0.2, 0) is 11.2 Å². The number of hydrogen-bond donors (Lipinski definition) is 0. The Morgan fingerprint density at radius 2 is 1.73 bits per heavy atom. The summed E-state index contributed by atoms with van der Waals surface area (Å²) in [5.41, 5.74) is 2.88. The lowest BCUT2D eigenvalue weighted by Crippen LogP contribution is -2.23. The molecule has 0 N–H and O–H groups in total. The molecule has 0 aliphatic rings. The fourth-order valence-electron chi connectivity index (χ4n) is 3.13. The number of methoxy groups -OCH3 is 1. The van der Waals surface area contributed by atoms with Crippen molar-refractivity contribution in [2.24, 2.45) is 0 Å². The minimum atomic E-state index is -0.429. The molecule has 0 atom stereocenters. The maximum atomic E-state index is 12.7. The average Bonchev–Trinajstić information content (AvgIpc) is 2.67. The van der Waals surface area contributed by atoms with Crippen molar-refractivity contribution < 1.29 is 9.53 Å². The highest BCUT2D eigenvalue weighted by Gasteiger charge is 2.20. The second kappa shape index (κ2) is 7.35. The Hall–Kier alpha value is -3.21. The zero-order valence-corrected chi connectivity index (χ0v) is 15.0. The Morgan fingerprint density at radius 3 is 2.38 bits per heavy atom. The molecule has 1 aromatic heterocycles. The standard InChI is InChI=1S/C21H20N2O3/c1-4-18-22-20(24)19(15-10-6-5-7-11-15)14(2)23(18)17-13-9-8-12-16(17)21(25)26-3/h5-13H,4H2,1-3H3. The number of rotatable bonds is 4. The molecule has 0 amide bonds. The van der Waals surface area contributed by atoms with Crippen molar-refractivity contribution in [1.82, 2.24) is 9.55 Å². The van der Waals surface area contributed by atoms with Crippen LogP contribution in [0.25, 0.3) is 16.8 Å². The van der Waals surface area contributed by atoms with Gasteiger partial charge in [0, 0.05) is 12.1 Å². The summed E-state index contributed by atoms with van der Waals surface area (Å²) in [6, 6.07) is 16.6. The third kappa shape index (κ3) is 3.04. The van der Waals surface area contributed by atoms with Crippen LogP contribution in [-0.4, -0.2) is 22.6 Å². The van der Waals surface area contributed by atoms with Crippen LogP contribution in [0.2, 0.25) is 0 Å². The molecular weight excluding hydrogens is 328 g/mol. The topological polar surface area (TPSA) is 61.2 Å². The molecule has 0 radical (unpaired) electrons. The van der Waals surface area contributed by atoms with Gasteiger partial charge in [-0.3, -0.25) is 4.79 Å². The summed E-state index contributed by atoms with van der Waals surface area (Å²) in [7, 11) is 1.35. The minimum Gasteiger partial charge on any atom is -0.465 e. The molecule has 0 aliphatic carbocycles. The van der Waals surface area contributed by atoms with Crippen molar-refractivity contribution in [2.75, 3.05) is 7.11 Å². The largest absolute Gasteiger partial charge is 0.465 e. The maximum absolute atomic E-state index is 12.7. The van der Waals surface area contributed by atoms with Crippen LogP contribution in [0.5, 0.6) is 0 Å². The smallest absolute Gasteiger partial charge is 0.339 e. The first-order chi connectivity index (χ1) is 12.6. The van der Waals surface area contributed by atoms with Crippen LogP contribution in [0, 0.1) is 6.92 Å². The van der Waals surface area contributed by atoms with E-state index in [1.165, 1.54) is 7.11 Å². The number of hydrogen-bond acceptors (Lipinski definition) is 4. The fraction of sp³-hybridized carbons (Fsp3) is 0.190. The molecule has 0 spiro atoms. The summed E-state index contributed by atoms with van der Waals surface area (Å²) in [5, 5.41) is 0. The normalized spacial score (nSPS) is 10.6. The number of carbonyl (C=O) groups excluding carboxylic acids is 1. The monoisotopic (exact) mass is 348 g/mol. The number of aromatic nitrogens is 2. The first kappa shape index (κ1) is 17.6. The van der Waals surface area contributed by atoms with Gasteiger partial charge in [-0.15, -0.1) is 0 Å². The van der Waals surface area contributed by atoms with E-state index in [9.17, 15) is 9.59 Å². The van der Waals surface area contributed by atoms with Gasteiger partial charge in [0.05, 0.1) is 23.9 Å². The molecule has 26 heavy (non-hydrogen) atoms. The van der Waals surface area contributed by atoms with E-state index in [0.717, 1.165) is 11.3 Å². The number of nitrogens with zero attached hydrogens (tertiary/aromatic N) is 2. The van der Waals surface area contributed by atoms with E-state index in [1.807, 2.05) is 60.9 Å². The molecule has 0 unspecified atom stereocenters. The van der Waals surface area contributed by atoms with E-state index in [4.69, 9.17) is 4.74 Å². The van der Waals surface area contributed by atoms with Crippen molar-refractivity contribution in [3.63, 3.8) is 0 Å². The van der Waals surface area contributed by atoms with Gasteiger partial charge in [0.15, 0.2) is 0 Å². The molecule has 3 rings (SSSR count). The van der Waals surface area contributed by atoms with Gasteiger partial charge in [-0.1, -0.05) is 49.4 Å². The van der Waals surface area contributed by atoms with E-state index < -0.39 is 5.97 Å². The molecule has 0 fully saturated rings. The predicted molar refractivity (Wildman–Crippen MR) is 101 cm³/mol. The lowest BCUT2D eigenvalue weighted by molar-refractivity contribution is 0.0600. The summed E-state index contributed by atoms with van der Waals surface area (Å²) in [6.07, 6.45) is 0.556. The van der Waals surface area contributed by atoms with Gasteiger partial charge in [-0.25, -0.2) is 4.79 Å². The van der Waals surface area contributed by atoms with E-state index >= 15 is 0 Å². The van der Waals surface area contributed by atoms with Gasteiger partial charge in [0.1, 0.15) is 5.82 Å². The molecular formula is C21H20N2O3. The third-order valence-electron chi connectivity index (χ3n) is 4.33. The summed E-state index contributed by atoms with van der Waals surface area (Å²) < 4.78 is 6.79. The van der Waals surface area contributed by atoms with E-state index in [0.29, 0.717) is 29.1 Å². The zero-order valence-electron chi connectivity index (χ0n) is 15.0. The lowest BCUT2D eigenvalue weighted by atomic mass is 10.0. The fourth-order valence-corrected chi connectivity index (χ4v) is 3.13. The van der Waals surface area contributed by atoms with Gasteiger partial charge in [-0.2, -0.15) is 4.98 Å². The summed E-state index contributed by atoms with van der Waals surface area (Å²) in [6.45, 7) is 3.80. The Kier molecular flexibility index (Phi) is 4.98. The van der Waals surface area contributed by atoms with Crippen LogP contribution in [0.1, 0.15) is 28.8 Å². The van der Waals surface area contributed by atoms with Gasteiger partial charge < -0.3 is 9.30 Å². The summed E-state index contributed by atoms with van der Waals surface area (Å²) in [4.78, 5) is 29.2. The quantitative estimate of drug-likeness (QED) is 0.677. The first-order valence-electron chi connectivity index (χ1n) is 8.44.